The van der Waals surface area contributed by atoms with E-state index in [1.807, 2.05) is 32.0 Å². The van der Waals surface area contributed by atoms with Crippen LogP contribution in [-0.2, 0) is 5.75 Å². The highest BCUT2D eigenvalue weighted by molar-refractivity contribution is 7.98. The summed E-state index contributed by atoms with van der Waals surface area (Å²) in [6.07, 6.45) is 0. The fourth-order valence-corrected chi connectivity index (χ4v) is 3.51. The van der Waals surface area contributed by atoms with Crippen molar-refractivity contribution in [2.45, 2.75) is 24.8 Å². The predicted molar refractivity (Wildman–Crippen MR) is 85.6 cm³/mol. The quantitative estimate of drug-likeness (QED) is 0.674. The molecule has 3 rings (SSSR count). The molecule has 0 bridgehead atoms. The van der Waals surface area contributed by atoms with Crippen LogP contribution in [0.4, 0.5) is 0 Å². The largest absolute Gasteiger partial charge is 0.410 e. The van der Waals surface area contributed by atoms with Crippen molar-refractivity contribution in [2.75, 3.05) is 0 Å². The van der Waals surface area contributed by atoms with Gasteiger partial charge in [0.05, 0.1) is 22.3 Å². The van der Waals surface area contributed by atoms with Gasteiger partial charge in [-0.1, -0.05) is 23.9 Å². The zero-order valence-electron chi connectivity index (χ0n) is 12.0. The highest BCUT2D eigenvalue weighted by Crippen LogP contribution is 2.31. The van der Waals surface area contributed by atoms with E-state index < -0.39 is 0 Å². The second-order valence-electron chi connectivity index (χ2n) is 4.62. The lowest BCUT2D eigenvalue weighted by molar-refractivity contribution is 0.466. The molecule has 7 heteroatoms. The van der Waals surface area contributed by atoms with Crippen molar-refractivity contribution in [2.24, 2.45) is 0 Å². The lowest BCUT2D eigenvalue weighted by Crippen LogP contribution is -1.82. The molecule has 0 saturated carbocycles. The van der Waals surface area contributed by atoms with Crippen LogP contribution in [0.2, 0.25) is 0 Å². The summed E-state index contributed by atoms with van der Waals surface area (Å²) in [5.41, 5.74) is 2.61. The zero-order valence-corrected chi connectivity index (χ0v) is 13.7. The number of aryl methyl sites for hydroxylation is 2. The number of hydrogen-bond acceptors (Lipinski definition) is 7. The van der Waals surface area contributed by atoms with Crippen LogP contribution in [0.3, 0.4) is 0 Å². The van der Waals surface area contributed by atoms with Crippen LogP contribution < -0.4 is 0 Å². The Labute approximate surface area is 136 Å². The third kappa shape index (κ3) is 3.18. The SMILES string of the molecule is Cc1nc(C)c(-c2nnc(SCc3cccc(C#N)c3)o2)s1. The van der Waals surface area contributed by atoms with Crippen molar-refractivity contribution in [1.82, 2.24) is 15.2 Å². The van der Waals surface area contributed by atoms with E-state index in [9.17, 15) is 0 Å². The Hall–Kier alpha value is -2.17. The third-order valence-electron chi connectivity index (χ3n) is 2.92. The van der Waals surface area contributed by atoms with Gasteiger partial charge in [-0.15, -0.1) is 21.5 Å². The molecule has 2 heterocycles. The maximum absolute atomic E-state index is 8.90. The van der Waals surface area contributed by atoms with Crippen molar-refractivity contribution < 1.29 is 4.42 Å². The minimum atomic E-state index is 0.511. The number of rotatable bonds is 4. The van der Waals surface area contributed by atoms with E-state index in [1.54, 1.807) is 17.4 Å². The number of nitriles is 1. The van der Waals surface area contributed by atoms with E-state index in [2.05, 4.69) is 21.3 Å². The van der Waals surface area contributed by atoms with E-state index in [0.717, 1.165) is 21.1 Å². The molecule has 0 fully saturated rings. The molecular weight excluding hydrogens is 316 g/mol. The number of nitrogens with zero attached hydrogens (tertiary/aromatic N) is 4. The van der Waals surface area contributed by atoms with E-state index in [0.29, 0.717) is 22.4 Å². The summed E-state index contributed by atoms with van der Waals surface area (Å²) in [5.74, 6) is 1.19. The maximum Gasteiger partial charge on any atom is 0.277 e. The van der Waals surface area contributed by atoms with Crippen molar-refractivity contribution >= 4 is 23.1 Å². The van der Waals surface area contributed by atoms with Gasteiger partial charge in [0.15, 0.2) is 0 Å². The van der Waals surface area contributed by atoms with Gasteiger partial charge in [-0.2, -0.15) is 5.26 Å². The van der Waals surface area contributed by atoms with Crippen LogP contribution in [0.25, 0.3) is 10.8 Å². The standard InChI is InChI=1S/C15H12N4OS2/c1-9-13(22-10(2)17-9)14-18-19-15(20-14)21-8-12-5-3-4-11(6-12)7-16/h3-6H,8H2,1-2H3. The average molecular weight is 328 g/mol. The van der Waals surface area contributed by atoms with Gasteiger partial charge in [-0.05, 0) is 31.5 Å². The van der Waals surface area contributed by atoms with Crippen molar-refractivity contribution in [3.63, 3.8) is 0 Å². The Morgan fingerprint density at radius 1 is 1.32 bits per heavy atom. The Kier molecular flexibility index (Phi) is 4.22. The molecule has 0 N–H and O–H groups in total. The molecule has 5 nitrogen and oxygen atoms in total. The summed E-state index contributed by atoms with van der Waals surface area (Å²) < 4.78 is 5.69. The van der Waals surface area contributed by atoms with Crippen molar-refractivity contribution in [3.8, 4) is 16.8 Å². The van der Waals surface area contributed by atoms with Crippen LogP contribution in [0, 0.1) is 25.2 Å². The van der Waals surface area contributed by atoms with Crippen molar-refractivity contribution in [3.05, 3.63) is 46.1 Å². The molecule has 22 heavy (non-hydrogen) atoms. The zero-order chi connectivity index (χ0) is 15.5. The number of thioether (sulfide) groups is 1. The molecule has 3 aromatic rings. The molecule has 0 spiro atoms. The molecular formula is C15H12N4OS2. The average Bonchev–Trinajstić information content (AvgIpc) is 3.11. The molecule has 0 amide bonds. The maximum atomic E-state index is 8.90. The van der Waals surface area contributed by atoms with Crippen LogP contribution >= 0.6 is 23.1 Å². The molecule has 0 aliphatic rings. The van der Waals surface area contributed by atoms with Gasteiger partial charge < -0.3 is 4.42 Å². The van der Waals surface area contributed by atoms with Crippen LogP contribution in [0.5, 0.6) is 0 Å². The minimum absolute atomic E-state index is 0.511. The third-order valence-corrected chi connectivity index (χ3v) is 4.87. The van der Waals surface area contributed by atoms with Gasteiger partial charge in [-0.3, -0.25) is 0 Å². The molecule has 0 aliphatic heterocycles. The summed E-state index contributed by atoms with van der Waals surface area (Å²) in [7, 11) is 0. The van der Waals surface area contributed by atoms with Crippen LogP contribution in [0.1, 0.15) is 21.8 Å². The molecule has 110 valence electrons. The Balaban J connectivity index is 1.72. The number of thiazole rings is 1. The first kappa shape index (κ1) is 14.8. The lowest BCUT2D eigenvalue weighted by Gasteiger charge is -1.98. The number of hydrogen-bond donors (Lipinski definition) is 0. The summed E-state index contributed by atoms with van der Waals surface area (Å²) in [5, 5.41) is 18.5. The monoisotopic (exact) mass is 328 g/mol. The Morgan fingerprint density at radius 3 is 2.91 bits per heavy atom. The van der Waals surface area contributed by atoms with Gasteiger partial charge in [0.2, 0.25) is 0 Å². The molecule has 0 aliphatic carbocycles. The molecule has 0 radical (unpaired) electrons. The molecule has 0 saturated heterocycles. The van der Waals surface area contributed by atoms with Gasteiger partial charge in [0.25, 0.3) is 11.1 Å². The predicted octanol–water partition coefficient (Wildman–Crippen LogP) is 3.97. The van der Waals surface area contributed by atoms with E-state index in [4.69, 9.17) is 9.68 Å². The van der Waals surface area contributed by atoms with Crippen LogP contribution in [-0.4, -0.2) is 15.2 Å². The Bertz CT molecular complexity index is 847. The highest BCUT2D eigenvalue weighted by atomic mass is 32.2. The summed E-state index contributed by atoms with van der Waals surface area (Å²) in [4.78, 5) is 5.28. The van der Waals surface area contributed by atoms with Gasteiger partial charge in [0, 0.05) is 5.75 Å². The number of aromatic nitrogens is 3. The number of benzene rings is 1. The summed E-state index contributed by atoms with van der Waals surface area (Å²) >= 11 is 3.00. The van der Waals surface area contributed by atoms with Gasteiger partial charge >= 0.3 is 0 Å². The van der Waals surface area contributed by atoms with E-state index in [-0.39, 0.29) is 0 Å². The van der Waals surface area contributed by atoms with E-state index in [1.165, 1.54) is 11.8 Å². The van der Waals surface area contributed by atoms with Crippen molar-refractivity contribution in [1.29, 1.82) is 5.26 Å². The highest BCUT2D eigenvalue weighted by Gasteiger charge is 2.15. The molecule has 1 aromatic carbocycles. The second kappa shape index (κ2) is 6.30. The smallest absolute Gasteiger partial charge is 0.277 e. The topological polar surface area (TPSA) is 75.6 Å². The molecule has 2 aromatic heterocycles. The van der Waals surface area contributed by atoms with Crippen LogP contribution in [0.15, 0.2) is 33.9 Å². The Morgan fingerprint density at radius 2 is 2.18 bits per heavy atom. The molecule has 0 atom stereocenters. The van der Waals surface area contributed by atoms with E-state index >= 15 is 0 Å². The first-order valence-corrected chi connectivity index (χ1v) is 8.35. The van der Waals surface area contributed by atoms with Gasteiger partial charge in [0.1, 0.15) is 4.88 Å². The first-order chi connectivity index (χ1) is 10.7. The molecule has 0 unspecified atom stereocenters. The normalized spacial score (nSPS) is 10.6. The first-order valence-electron chi connectivity index (χ1n) is 6.55. The minimum Gasteiger partial charge on any atom is -0.410 e. The fourth-order valence-electron chi connectivity index (χ4n) is 1.97. The van der Waals surface area contributed by atoms with Gasteiger partial charge in [-0.25, -0.2) is 4.98 Å². The lowest BCUT2D eigenvalue weighted by atomic mass is 10.2. The second-order valence-corrected chi connectivity index (χ2v) is 6.75. The summed E-state index contributed by atoms with van der Waals surface area (Å²) in [6.45, 7) is 3.89. The fraction of sp³-hybridized carbons (Fsp3) is 0.200. The summed E-state index contributed by atoms with van der Waals surface area (Å²) in [6, 6.07) is 9.63.